The molecule has 0 N–H and O–H groups in total. The van der Waals surface area contributed by atoms with Crippen molar-refractivity contribution in [3.63, 3.8) is 0 Å². The zero-order valence-corrected chi connectivity index (χ0v) is 17.9. The molecule has 0 bridgehead atoms. The quantitative estimate of drug-likeness (QED) is 0.426. The van der Waals surface area contributed by atoms with E-state index in [0.717, 1.165) is 0 Å². The van der Waals surface area contributed by atoms with Crippen molar-refractivity contribution in [1.82, 2.24) is 4.31 Å². The van der Waals surface area contributed by atoms with Gasteiger partial charge < -0.3 is 4.43 Å². The largest absolute Gasteiger partial charge is 0.414 e. The number of non-ortho nitro benzene ring substituents is 1. The Morgan fingerprint density at radius 2 is 1.65 bits per heavy atom. The van der Waals surface area contributed by atoms with Crippen LogP contribution in [0.4, 0.5) is 5.69 Å². The lowest BCUT2D eigenvalue weighted by atomic mass is 10.1. The van der Waals surface area contributed by atoms with Gasteiger partial charge in [-0.05, 0) is 43.1 Å². The van der Waals surface area contributed by atoms with Crippen molar-refractivity contribution in [3.05, 3.63) is 34.4 Å². The molecule has 1 fully saturated rings. The Balaban J connectivity index is 2.03. The fraction of sp³-hybridized carbons (Fsp3) is 0.647. The van der Waals surface area contributed by atoms with Crippen LogP contribution in [0.3, 0.4) is 0 Å². The lowest BCUT2D eigenvalue weighted by molar-refractivity contribution is -0.384. The first-order chi connectivity index (χ1) is 11.8. The van der Waals surface area contributed by atoms with E-state index in [1.54, 1.807) is 0 Å². The molecule has 1 saturated heterocycles. The van der Waals surface area contributed by atoms with Gasteiger partial charge in [-0.1, -0.05) is 20.8 Å². The van der Waals surface area contributed by atoms with Gasteiger partial charge in [-0.2, -0.15) is 4.31 Å². The van der Waals surface area contributed by atoms with E-state index in [4.69, 9.17) is 4.43 Å². The molecule has 1 aliphatic rings. The average molecular weight is 401 g/mol. The number of hydrogen-bond acceptors (Lipinski definition) is 5. The van der Waals surface area contributed by atoms with Gasteiger partial charge in [0, 0.05) is 31.3 Å². The van der Waals surface area contributed by atoms with Crippen molar-refractivity contribution in [3.8, 4) is 0 Å². The third-order valence-corrected chi connectivity index (χ3v) is 11.8. The summed E-state index contributed by atoms with van der Waals surface area (Å²) in [6, 6.07) is 5.04. The summed E-state index contributed by atoms with van der Waals surface area (Å²) in [7, 11) is -5.51. The zero-order chi connectivity index (χ0) is 19.8. The molecule has 26 heavy (non-hydrogen) atoms. The number of piperidine rings is 1. The maximum absolute atomic E-state index is 12.7. The molecular formula is C17H28N2O5SSi. The van der Waals surface area contributed by atoms with Gasteiger partial charge in [0.15, 0.2) is 8.32 Å². The third-order valence-electron chi connectivity index (χ3n) is 5.35. The molecule has 0 radical (unpaired) electrons. The Morgan fingerprint density at radius 1 is 1.15 bits per heavy atom. The predicted molar refractivity (Wildman–Crippen MR) is 103 cm³/mol. The molecule has 9 heteroatoms. The van der Waals surface area contributed by atoms with Gasteiger partial charge in [0.2, 0.25) is 10.0 Å². The molecule has 0 unspecified atom stereocenters. The van der Waals surface area contributed by atoms with Gasteiger partial charge in [0.05, 0.1) is 9.82 Å². The number of hydrogen-bond donors (Lipinski definition) is 0. The fourth-order valence-electron chi connectivity index (χ4n) is 2.67. The summed E-state index contributed by atoms with van der Waals surface area (Å²) in [5.41, 5.74) is -0.120. The molecule has 1 aromatic rings. The highest BCUT2D eigenvalue weighted by Crippen LogP contribution is 2.38. The SMILES string of the molecule is CC(C)(C)[Si](C)(C)OC1CCN(S(=O)(=O)c2ccc([N+](=O)[O-])cc2)CC1. The monoisotopic (exact) mass is 400 g/mol. The highest BCUT2D eigenvalue weighted by Gasteiger charge is 2.40. The maximum Gasteiger partial charge on any atom is 0.269 e. The molecule has 1 aliphatic heterocycles. The van der Waals surface area contributed by atoms with Crippen LogP contribution in [0.5, 0.6) is 0 Å². The van der Waals surface area contributed by atoms with Crippen LogP contribution in [0.2, 0.25) is 18.1 Å². The van der Waals surface area contributed by atoms with E-state index in [9.17, 15) is 18.5 Å². The van der Waals surface area contributed by atoms with Crippen molar-refractivity contribution in [1.29, 1.82) is 0 Å². The summed E-state index contributed by atoms with van der Waals surface area (Å²) in [6.07, 6.45) is 1.41. The second-order valence-electron chi connectivity index (χ2n) is 8.23. The molecule has 0 saturated carbocycles. The van der Waals surface area contributed by atoms with Crippen molar-refractivity contribution in [2.24, 2.45) is 0 Å². The van der Waals surface area contributed by atoms with Gasteiger partial charge in [0.25, 0.3) is 5.69 Å². The van der Waals surface area contributed by atoms with E-state index in [1.165, 1.54) is 28.6 Å². The number of nitro groups is 1. The normalized spacial score (nSPS) is 18.0. The van der Waals surface area contributed by atoms with Crippen LogP contribution in [0.25, 0.3) is 0 Å². The Hall–Kier alpha value is -1.29. The molecule has 0 spiro atoms. The predicted octanol–water partition coefficient (Wildman–Crippen LogP) is 3.77. The molecule has 0 aliphatic carbocycles. The lowest BCUT2D eigenvalue weighted by Gasteiger charge is -2.41. The Labute approximate surface area is 156 Å². The van der Waals surface area contributed by atoms with Crippen molar-refractivity contribution < 1.29 is 17.8 Å². The van der Waals surface area contributed by atoms with E-state index in [1.807, 2.05) is 0 Å². The Bertz CT molecular complexity index is 748. The molecule has 2 rings (SSSR count). The van der Waals surface area contributed by atoms with Gasteiger partial charge in [-0.25, -0.2) is 8.42 Å². The van der Waals surface area contributed by atoms with Crippen molar-refractivity contribution in [2.45, 2.75) is 62.7 Å². The molecule has 1 heterocycles. The first-order valence-electron chi connectivity index (χ1n) is 8.77. The third kappa shape index (κ3) is 4.51. The van der Waals surface area contributed by atoms with Crippen molar-refractivity contribution in [2.75, 3.05) is 13.1 Å². The minimum absolute atomic E-state index is 0.0826. The van der Waals surface area contributed by atoms with Crippen LogP contribution in [0.1, 0.15) is 33.6 Å². The minimum atomic E-state index is -3.63. The standard InChI is InChI=1S/C17H28N2O5SSi/c1-17(2,3)26(4,5)24-15-10-12-18(13-11-15)25(22,23)16-8-6-14(7-9-16)19(20)21/h6-9,15H,10-13H2,1-5H3. The van der Waals surface area contributed by atoms with Crippen LogP contribution in [-0.4, -0.2) is 45.2 Å². The molecule has 0 amide bonds. The van der Waals surface area contributed by atoms with Crippen LogP contribution < -0.4 is 0 Å². The van der Waals surface area contributed by atoms with E-state index in [2.05, 4.69) is 33.9 Å². The number of nitro benzene ring substituents is 1. The van der Waals surface area contributed by atoms with Crippen LogP contribution in [0.15, 0.2) is 29.2 Å². The van der Waals surface area contributed by atoms with Crippen molar-refractivity contribution >= 4 is 24.0 Å². The number of sulfonamides is 1. The summed E-state index contributed by atoms with van der Waals surface area (Å²) >= 11 is 0. The van der Waals surface area contributed by atoms with Gasteiger partial charge in [-0.15, -0.1) is 0 Å². The second kappa shape index (κ2) is 7.38. The average Bonchev–Trinajstić information content (AvgIpc) is 2.54. The van der Waals surface area contributed by atoms with Gasteiger partial charge in [-0.3, -0.25) is 10.1 Å². The fourth-order valence-corrected chi connectivity index (χ4v) is 5.56. The van der Waals surface area contributed by atoms with Gasteiger partial charge >= 0.3 is 0 Å². The Morgan fingerprint density at radius 3 is 2.08 bits per heavy atom. The summed E-state index contributed by atoms with van der Waals surface area (Å²) in [4.78, 5) is 10.3. The van der Waals surface area contributed by atoms with E-state index >= 15 is 0 Å². The van der Waals surface area contributed by atoms with Gasteiger partial charge in [0.1, 0.15) is 0 Å². The first-order valence-corrected chi connectivity index (χ1v) is 13.1. The maximum atomic E-state index is 12.7. The molecule has 146 valence electrons. The topological polar surface area (TPSA) is 89.8 Å². The number of benzene rings is 1. The molecule has 7 nitrogen and oxygen atoms in total. The zero-order valence-electron chi connectivity index (χ0n) is 16.1. The smallest absolute Gasteiger partial charge is 0.269 e. The summed E-state index contributed by atoms with van der Waals surface area (Å²) < 4.78 is 33.3. The summed E-state index contributed by atoms with van der Waals surface area (Å²) in [6.45, 7) is 11.8. The van der Waals surface area contributed by atoms with Crippen LogP contribution in [-0.2, 0) is 14.4 Å². The molecule has 0 atom stereocenters. The number of nitrogens with zero attached hydrogens (tertiary/aromatic N) is 2. The lowest BCUT2D eigenvalue weighted by Crippen LogP contribution is -2.48. The van der Waals surface area contributed by atoms with E-state index in [0.29, 0.717) is 25.9 Å². The summed E-state index contributed by atoms with van der Waals surface area (Å²) in [5, 5.41) is 10.8. The highest BCUT2D eigenvalue weighted by atomic mass is 32.2. The van der Waals surface area contributed by atoms with Crippen LogP contribution in [0, 0.1) is 10.1 Å². The molecule has 1 aromatic carbocycles. The van der Waals surface area contributed by atoms with Crippen LogP contribution >= 0.6 is 0 Å². The molecular weight excluding hydrogens is 372 g/mol. The molecule has 0 aromatic heterocycles. The highest BCUT2D eigenvalue weighted by molar-refractivity contribution is 7.89. The Kier molecular flexibility index (Phi) is 5.96. The number of rotatable bonds is 5. The van der Waals surface area contributed by atoms with E-state index in [-0.39, 0.29) is 21.7 Å². The first kappa shape index (κ1) is 21.0. The minimum Gasteiger partial charge on any atom is -0.414 e. The van der Waals surface area contributed by atoms with E-state index < -0.39 is 23.3 Å². The second-order valence-corrected chi connectivity index (χ2v) is 14.9. The summed E-state index contributed by atoms with van der Waals surface area (Å²) in [5.74, 6) is 0.